The van der Waals surface area contributed by atoms with Gasteiger partial charge in [-0.1, -0.05) is 0 Å². The van der Waals surface area contributed by atoms with Gasteiger partial charge in [0.2, 0.25) is 31.9 Å². The second-order valence-electron chi connectivity index (χ2n) is 8.70. The number of hydrogen-bond donors (Lipinski definition) is 5. The van der Waals surface area contributed by atoms with E-state index in [2.05, 4.69) is 35.4 Å². The number of aromatic nitrogens is 2. The lowest BCUT2D eigenvalue weighted by atomic mass is 10.1. The van der Waals surface area contributed by atoms with Crippen molar-refractivity contribution in [3.63, 3.8) is 0 Å². The van der Waals surface area contributed by atoms with E-state index in [1.807, 2.05) is 0 Å². The van der Waals surface area contributed by atoms with E-state index in [9.17, 15) is 34.8 Å². The summed E-state index contributed by atoms with van der Waals surface area (Å²) in [4.78, 5) is 19.3. The molecule has 12 nitrogen and oxygen atoms in total. The fourth-order valence-electron chi connectivity index (χ4n) is 3.75. The molecule has 3 aromatic rings. The molecule has 2 aromatic carbocycles. The third-order valence-electron chi connectivity index (χ3n) is 5.14. The van der Waals surface area contributed by atoms with Crippen LogP contribution in [0.2, 0.25) is 0 Å². The van der Waals surface area contributed by atoms with Crippen molar-refractivity contribution in [2.45, 2.75) is 19.1 Å². The molecule has 0 fully saturated rings. The fourth-order valence-corrected chi connectivity index (χ4v) is 4.84. The quantitative estimate of drug-likeness (QED) is 0.253. The molecule has 0 spiro atoms. The van der Waals surface area contributed by atoms with Gasteiger partial charge < -0.3 is 16.0 Å². The Balaban J connectivity index is 1.62. The predicted molar refractivity (Wildman–Crippen MR) is 140 cm³/mol. The molecule has 39 heavy (non-hydrogen) atoms. The van der Waals surface area contributed by atoms with Gasteiger partial charge in [-0.25, -0.2) is 21.8 Å². The Bertz CT molecular complexity index is 1610. The van der Waals surface area contributed by atoms with E-state index in [0.29, 0.717) is 23.1 Å². The van der Waals surface area contributed by atoms with Crippen LogP contribution in [-0.4, -0.2) is 45.2 Å². The first-order chi connectivity index (χ1) is 18.0. The Hall–Kier alpha value is -4.12. The molecule has 208 valence electrons. The average Bonchev–Trinajstić information content (AvgIpc) is 3.14. The van der Waals surface area contributed by atoms with Crippen LogP contribution in [0.4, 0.5) is 47.7 Å². The third-order valence-corrected chi connectivity index (χ3v) is 6.35. The van der Waals surface area contributed by atoms with E-state index in [0.717, 1.165) is 12.5 Å². The van der Waals surface area contributed by atoms with E-state index in [-0.39, 0.29) is 41.8 Å². The van der Waals surface area contributed by atoms with Gasteiger partial charge in [0, 0.05) is 24.1 Å². The molecule has 0 saturated carbocycles. The number of anilines is 6. The van der Waals surface area contributed by atoms with Crippen LogP contribution in [0.3, 0.4) is 0 Å². The van der Waals surface area contributed by atoms with Gasteiger partial charge >= 0.3 is 6.18 Å². The van der Waals surface area contributed by atoms with E-state index >= 15 is 0 Å². The van der Waals surface area contributed by atoms with Crippen molar-refractivity contribution >= 4 is 60.5 Å². The molecule has 0 radical (unpaired) electrons. The molecule has 0 unspecified atom stereocenters. The van der Waals surface area contributed by atoms with E-state index in [1.165, 1.54) is 18.2 Å². The first-order valence-corrected chi connectivity index (χ1v) is 14.8. The number of sulfonamides is 2. The number of hydrogen-bond acceptors (Lipinski definition) is 9. The van der Waals surface area contributed by atoms with Gasteiger partial charge in [0.15, 0.2) is 0 Å². The maximum atomic E-state index is 13.7. The number of alkyl halides is 3. The van der Waals surface area contributed by atoms with Crippen molar-refractivity contribution in [1.82, 2.24) is 9.97 Å². The highest BCUT2D eigenvalue weighted by atomic mass is 32.2. The summed E-state index contributed by atoms with van der Waals surface area (Å²) in [7, 11) is -7.48. The molecule has 1 amide bonds. The van der Waals surface area contributed by atoms with Gasteiger partial charge in [0.05, 0.1) is 30.3 Å². The molecule has 0 atom stereocenters. The Kier molecular flexibility index (Phi) is 7.31. The molecule has 0 saturated heterocycles. The lowest BCUT2D eigenvalue weighted by molar-refractivity contribution is -0.137. The molecule has 4 rings (SSSR count). The van der Waals surface area contributed by atoms with Gasteiger partial charge in [-0.3, -0.25) is 14.2 Å². The van der Waals surface area contributed by atoms with Gasteiger partial charge in [0.25, 0.3) is 0 Å². The minimum absolute atomic E-state index is 0.00591. The second kappa shape index (κ2) is 10.2. The van der Waals surface area contributed by atoms with Crippen LogP contribution < -0.4 is 25.4 Å². The lowest BCUT2D eigenvalue weighted by Gasteiger charge is -2.16. The van der Waals surface area contributed by atoms with Crippen LogP contribution in [-0.2, 0) is 44.0 Å². The number of benzene rings is 2. The summed E-state index contributed by atoms with van der Waals surface area (Å²) in [6.07, 6.45) is -2.25. The van der Waals surface area contributed by atoms with E-state index in [4.69, 9.17) is 0 Å². The molecule has 1 aromatic heterocycles. The largest absolute Gasteiger partial charge is 0.421 e. The summed E-state index contributed by atoms with van der Waals surface area (Å²) in [5, 5.41) is 8.06. The summed E-state index contributed by atoms with van der Waals surface area (Å²) >= 11 is 0. The van der Waals surface area contributed by atoms with Crippen molar-refractivity contribution in [3.8, 4) is 0 Å². The van der Waals surface area contributed by atoms with Crippen molar-refractivity contribution in [3.05, 3.63) is 59.3 Å². The zero-order valence-electron chi connectivity index (χ0n) is 20.3. The van der Waals surface area contributed by atoms with Crippen LogP contribution in [0, 0.1) is 0 Å². The molecule has 17 heteroatoms. The maximum absolute atomic E-state index is 13.7. The zero-order valence-corrected chi connectivity index (χ0v) is 22.0. The van der Waals surface area contributed by atoms with Crippen LogP contribution in [0.25, 0.3) is 0 Å². The zero-order chi connectivity index (χ0) is 28.6. The number of amides is 1. The number of rotatable bonds is 9. The number of halogens is 3. The smallest absolute Gasteiger partial charge is 0.365 e. The lowest BCUT2D eigenvalue weighted by Crippen LogP contribution is -2.15. The highest BCUT2D eigenvalue weighted by Crippen LogP contribution is 2.35. The standard InChI is InChI=1S/C22H22F3N7O5S2/c1-38(34,35)31-15-5-12(6-16(9-15)32-39(2,36)37)10-26-20-17(22(23,24)25)11-27-21(30-20)28-14-3-4-18-13(7-14)8-19(33)29-18/h3-7,9,11,31-32H,8,10H2,1-2H3,(H,29,33)(H2,26,27,28,30). The topological polar surface area (TPSA) is 171 Å². The minimum Gasteiger partial charge on any atom is -0.365 e. The minimum atomic E-state index is -4.80. The highest BCUT2D eigenvalue weighted by molar-refractivity contribution is 7.92. The first-order valence-electron chi connectivity index (χ1n) is 11.0. The fraction of sp³-hybridized carbons (Fsp3) is 0.227. The summed E-state index contributed by atoms with van der Waals surface area (Å²) in [5.41, 5.74) is 0.868. The molecule has 0 aliphatic carbocycles. The Morgan fingerprint density at radius 2 is 1.59 bits per heavy atom. The second-order valence-corrected chi connectivity index (χ2v) is 12.2. The van der Waals surface area contributed by atoms with Crippen LogP contribution in [0.15, 0.2) is 42.6 Å². The van der Waals surface area contributed by atoms with Gasteiger partial charge in [0.1, 0.15) is 11.4 Å². The van der Waals surface area contributed by atoms with E-state index in [1.54, 1.807) is 18.2 Å². The van der Waals surface area contributed by atoms with Gasteiger partial charge in [-0.05, 0) is 47.5 Å². The first kappa shape index (κ1) is 27.9. The molecule has 0 bridgehead atoms. The van der Waals surface area contributed by atoms with Crippen molar-refractivity contribution < 1.29 is 34.8 Å². The number of carbonyl (C=O) groups is 1. The summed E-state index contributed by atoms with van der Waals surface area (Å²) < 4.78 is 92.2. The summed E-state index contributed by atoms with van der Waals surface area (Å²) in [5.74, 6) is -0.906. The highest BCUT2D eigenvalue weighted by Gasteiger charge is 2.35. The Morgan fingerprint density at radius 3 is 2.18 bits per heavy atom. The Labute approximate surface area is 221 Å². The van der Waals surface area contributed by atoms with Gasteiger partial charge in [-0.2, -0.15) is 18.2 Å². The molecule has 2 heterocycles. The molecule has 1 aliphatic rings. The van der Waals surface area contributed by atoms with E-state index < -0.39 is 37.6 Å². The number of fused-ring (bicyclic) bond motifs is 1. The predicted octanol–water partition coefficient (Wildman–Crippen LogP) is 3.09. The summed E-state index contributed by atoms with van der Waals surface area (Å²) in [6.45, 7) is -0.288. The van der Waals surface area contributed by atoms with Gasteiger partial charge in [-0.15, -0.1) is 0 Å². The monoisotopic (exact) mass is 585 g/mol. The number of carbonyl (C=O) groups excluding carboxylic acids is 1. The average molecular weight is 586 g/mol. The molecular weight excluding hydrogens is 563 g/mol. The summed E-state index contributed by atoms with van der Waals surface area (Å²) in [6, 6.07) is 8.78. The number of nitrogens with one attached hydrogen (secondary N) is 5. The normalized spacial score (nSPS) is 13.4. The van der Waals surface area contributed by atoms with Crippen LogP contribution >= 0.6 is 0 Å². The van der Waals surface area contributed by atoms with Crippen molar-refractivity contribution in [2.24, 2.45) is 0 Å². The van der Waals surface area contributed by atoms with Crippen LogP contribution in [0.1, 0.15) is 16.7 Å². The Morgan fingerprint density at radius 1 is 0.949 bits per heavy atom. The molecule has 1 aliphatic heterocycles. The SMILES string of the molecule is CS(=O)(=O)Nc1cc(CNc2nc(Nc3ccc4c(c3)CC(=O)N4)ncc2C(F)(F)F)cc(NS(C)(=O)=O)c1. The number of nitrogens with zero attached hydrogens (tertiary/aromatic N) is 2. The molecular formula is C22H22F3N7O5S2. The molecule has 5 N–H and O–H groups in total. The maximum Gasteiger partial charge on any atom is 0.421 e. The van der Waals surface area contributed by atoms with Crippen molar-refractivity contribution in [2.75, 3.05) is 37.9 Å². The van der Waals surface area contributed by atoms with Crippen LogP contribution in [0.5, 0.6) is 0 Å². The third kappa shape index (κ3) is 7.70. The van der Waals surface area contributed by atoms with Crippen molar-refractivity contribution in [1.29, 1.82) is 0 Å².